The van der Waals surface area contributed by atoms with E-state index in [0.29, 0.717) is 18.2 Å². The van der Waals surface area contributed by atoms with Gasteiger partial charge in [0.1, 0.15) is 0 Å². The van der Waals surface area contributed by atoms with Gasteiger partial charge in [0, 0.05) is 12.6 Å². The van der Waals surface area contributed by atoms with Crippen molar-refractivity contribution in [3.63, 3.8) is 0 Å². The van der Waals surface area contributed by atoms with Crippen molar-refractivity contribution in [3.8, 4) is 0 Å². The molecule has 1 aliphatic carbocycles. The molecule has 3 unspecified atom stereocenters. The minimum atomic E-state index is -2.79. The van der Waals surface area contributed by atoms with E-state index >= 15 is 0 Å². The summed E-state index contributed by atoms with van der Waals surface area (Å²) in [7, 11) is -2.79. The van der Waals surface area contributed by atoms with E-state index in [0.717, 1.165) is 19.3 Å². The van der Waals surface area contributed by atoms with Gasteiger partial charge in [0.2, 0.25) is 0 Å². The summed E-state index contributed by atoms with van der Waals surface area (Å²) in [5, 5.41) is 3.25. The van der Waals surface area contributed by atoms with Crippen LogP contribution in [0.15, 0.2) is 0 Å². The average molecular weight is 217 g/mol. The molecule has 0 amide bonds. The normalized spacial score (nSPS) is 41.6. The van der Waals surface area contributed by atoms with Gasteiger partial charge in [-0.2, -0.15) is 0 Å². The molecule has 0 spiro atoms. The number of sulfone groups is 1. The zero-order chi connectivity index (χ0) is 10.2. The molecule has 4 heteroatoms. The third-order valence-electron chi connectivity index (χ3n) is 3.73. The summed E-state index contributed by atoms with van der Waals surface area (Å²) < 4.78 is 23.7. The Balaban J connectivity index is 2.14. The minimum absolute atomic E-state index is 0.0880. The second kappa shape index (κ2) is 3.81. The van der Waals surface area contributed by atoms with E-state index in [1.165, 1.54) is 6.42 Å². The van der Waals surface area contributed by atoms with Gasteiger partial charge < -0.3 is 5.32 Å². The van der Waals surface area contributed by atoms with Gasteiger partial charge in [0.15, 0.2) is 9.84 Å². The van der Waals surface area contributed by atoms with Crippen molar-refractivity contribution in [2.24, 2.45) is 5.92 Å². The average Bonchev–Trinajstić information content (AvgIpc) is 2.17. The molecular weight excluding hydrogens is 198 g/mol. The summed E-state index contributed by atoms with van der Waals surface area (Å²) in [6.45, 7) is 2.81. The van der Waals surface area contributed by atoms with Crippen molar-refractivity contribution in [1.29, 1.82) is 0 Å². The van der Waals surface area contributed by atoms with Gasteiger partial charge in [-0.05, 0) is 25.2 Å². The molecule has 0 radical (unpaired) electrons. The van der Waals surface area contributed by atoms with Crippen molar-refractivity contribution in [2.75, 3.05) is 12.3 Å². The van der Waals surface area contributed by atoms with Gasteiger partial charge in [0.05, 0.1) is 11.0 Å². The van der Waals surface area contributed by atoms with Crippen LogP contribution in [0.3, 0.4) is 0 Å². The largest absolute Gasteiger partial charge is 0.312 e. The number of nitrogens with one attached hydrogen (secondary N) is 1. The van der Waals surface area contributed by atoms with Crippen LogP contribution in [-0.4, -0.2) is 32.0 Å². The number of hydrogen-bond acceptors (Lipinski definition) is 3. The Kier molecular flexibility index (Phi) is 2.84. The topological polar surface area (TPSA) is 46.2 Å². The van der Waals surface area contributed by atoms with E-state index in [1.54, 1.807) is 0 Å². The monoisotopic (exact) mass is 217 g/mol. The Morgan fingerprint density at radius 2 is 2.14 bits per heavy atom. The number of rotatable bonds is 1. The van der Waals surface area contributed by atoms with Crippen LogP contribution < -0.4 is 5.32 Å². The Morgan fingerprint density at radius 3 is 2.86 bits per heavy atom. The second-order valence-corrected chi connectivity index (χ2v) is 6.89. The van der Waals surface area contributed by atoms with Crippen LogP contribution in [0.5, 0.6) is 0 Å². The first-order chi connectivity index (χ1) is 6.63. The number of hydrogen-bond donors (Lipinski definition) is 1. The van der Waals surface area contributed by atoms with Crippen LogP contribution in [0.4, 0.5) is 0 Å². The lowest BCUT2D eigenvalue weighted by Crippen LogP contribution is -2.54. The molecule has 2 aliphatic rings. The van der Waals surface area contributed by atoms with E-state index in [9.17, 15) is 8.42 Å². The second-order valence-electron chi connectivity index (χ2n) is 4.55. The van der Waals surface area contributed by atoms with Crippen LogP contribution >= 0.6 is 0 Å². The summed E-state index contributed by atoms with van der Waals surface area (Å²) in [4.78, 5) is 0. The Hall–Kier alpha value is -0.0900. The van der Waals surface area contributed by atoms with Crippen LogP contribution in [0.1, 0.15) is 32.6 Å². The highest BCUT2D eigenvalue weighted by molar-refractivity contribution is 7.92. The Bertz CT molecular complexity index is 299. The molecule has 3 atom stereocenters. The van der Waals surface area contributed by atoms with Crippen LogP contribution in [-0.2, 0) is 9.84 Å². The molecule has 0 bridgehead atoms. The highest BCUT2D eigenvalue weighted by Crippen LogP contribution is 2.32. The molecule has 14 heavy (non-hydrogen) atoms. The molecule has 1 saturated heterocycles. The highest BCUT2D eigenvalue weighted by Gasteiger charge is 2.40. The zero-order valence-corrected chi connectivity index (χ0v) is 9.52. The fourth-order valence-electron chi connectivity index (χ4n) is 2.75. The Labute approximate surface area is 86.2 Å². The van der Waals surface area contributed by atoms with E-state index in [2.05, 4.69) is 12.2 Å². The SMILES string of the molecule is CCC1CCC2NCCS(=O)(=O)C2C1. The highest BCUT2D eigenvalue weighted by atomic mass is 32.2. The first-order valence-corrected chi connectivity index (χ1v) is 7.30. The van der Waals surface area contributed by atoms with Crippen LogP contribution in [0.2, 0.25) is 0 Å². The van der Waals surface area contributed by atoms with Gasteiger partial charge >= 0.3 is 0 Å². The van der Waals surface area contributed by atoms with Gasteiger partial charge in [-0.3, -0.25) is 0 Å². The first kappa shape index (κ1) is 10.4. The maximum atomic E-state index is 11.8. The van der Waals surface area contributed by atoms with Crippen LogP contribution in [0.25, 0.3) is 0 Å². The van der Waals surface area contributed by atoms with Crippen molar-refractivity contribution in [2.45, 2.75) is 43.9 Å². The molecular formula is C10H19NO2S. The third-order valence-corrected chi connectivity index (χ3v) is 5.95. The van der Waals surface area contributed by atoms with Crippen molar-refractivity contribution < 1.29 is 8.42 Å². The summed E-state index contributed by atoms with van der Waals surface area (Å²) in [5.41, 5.74) is 0. The first-order valence-electron chi connectivity index (χ1n) is 5.58. The fraction of sp³-hybridized carbons (Fsp3) is 1.00. The van der Waals surface area contributed by atoms with Crippen molar-refractivity contribution in [1.82, 2.24) is 5.32 Å². The predicted octanol–water partition coefficient (Wildman–Crippen LogP) is 0.952. The molecule has 0 aromatic heterocycles. The van der Waals surface area contributed by atoms with Gasteiger partial charge in [-0.25, -0.2) is 8.42 Å². The number of fused-ring (bicyclic) bond motifs is 1. The molecule has 2 rings (SSSR count). The molecule has 1 N–H and O–H groups in total. The molecule has 0 aromatic carbocycles. The summed E-state index contributed by atoms with van der Waals surface area (Å²) >= 11 is 0. The third kappa shape index (κ3) is 1.82. The van der Waals surface area contributed by atoms with Crippen LogP contribution in [0, 0.1) is 5.92 Å². The predicted molar refractivity (Wildman–Crippen MR) is 57.0 cm³/mol. The van der Waals surface area contributed by atoms with Gasteiger partial charge in [-0.15, -0.1) is 0 Å². The molecule has 1 saturated carbocycles. The molecule has 2 fully saturated rings. The lowest BCUT2D eigenvalue weighted by Gasteiger charge is -2.39. The maximum Gasteiger partial charge on any atom is 0.155 e. The lowest BCUT2D eigenvalue weighted by molar-refractivity contribution is 0.282. The smallest absolute Gasteiger partial charge is 0.155 e. The maximum absolute atomic E-state index is 11.8. The summed E-state index contributed by atoms with van der Waals surface area (Å²) in [6, 6.07) is 0.247. The molecule has 3 nitrogen and oxygen atoms in total. The Morgan fingerprint density at radius 1 is 1.36 bits per heavy atom. The fourth-order valence-corrected chi connectivity index (χ4v) is 4.75. The lowest BCUT2D eigenvalue weighted by atomic mass is 9.84. The van der Waals surface area contributed by atoms with Crippen molar-refractivity contribution in [3.05, 3.63) is 0 Å². The summed E-state index contributed by atoms with van der Waals surface area (Å²) in [5.74, 6) is 0.968. The standard InChI is InChI=1S/C10H19NO2S/c1-2-8-3-4-9-10(7-8)14(12,13)6-5-11-9/h8-11H,2-7H2,1H3. The quantitative estimate of drug-likeness (QED) is 0.711. The van der Waals surface area contributed by atoms with E-state index in [4.69, 9.17) is 0 Å². The van der Waals surface area contributed by atoms with E-state index in [1.807, 2.05) is 0 Å². The zero-order valence-electron chi connectivity index (χ0n) is 8.70. The van der Waals surface area contributed by atoms with Gasteiger partial charge in [0.25, 0.3) is 0 Å². The van der Waals surface area contributed by atoms with E-state index in [-0.39, 0.29) is 11.3 Å². The summed E-state index contributed by atoms with van der Waals surface area (Å²) in [6.07, 6.45) is 4.25. The minimum Gasteiger partial charge on any atom is -0.312 e. The van der Waals surface area contributed by atoms with Gasteiger partial charge in [-0.1, -0.05) is 13.3 Å². The van der Waals surface area contributed by atoms with E-state index < -0.39 is 9.84 Å². The molecule has 82 valence electrons. The van der Waals surface area contributed by atoms with Crippen molar-refractivity contribution >= 4 is 9.84 Å². The molecule has 1 heterocycles. The molecule has 1 aliphatic heterocycles. The molecule has 0 aromatic rings.